The molecule has 80 valence electrons. The van der Waals surface area contributed by atoms with Crippen LogP contribution in [0.5, 0.6) is 0 Å². The molecule has 14 heavy (non-hydrogen) atoms. The highest BCUT2D eigenvalue weighted by molar-refractivity contribution is 7.89. The van der Waals surface area contributed by atoms with E-state index in [-0.39, 0.29) is 6.54 Å². The Morgan fingerprint density at radius 3 is 2.29 bits per heavy atom. The number of hydrogen-bond donors (Lipinski definition) is 0. The summed E-state index contributed by atoms with van der Waals surface area (Å²) in [5.74, 6) is -0.488. The first-order chi connectivity index (χ1) is 6.25. The second-order valence-corrected chi connectivity index (χ2v) is 5.80. The number of rotatable bonds is 4. The van der Waals surface area contributed by atoms with Gasteiger partial charge in [-0.25, -0.2) is 8.42 Å². The second kappa shape index (κ2) is 4.58. The Balaban J connectivity index is 5.04. The fraction of sp³-hybridized carbons (Fsp3) is 0.667. The number of sulfonamides is 1. The molecule has 0 aromatic carbocycles. The average molecular weight is 216 g/mol. The number of hydrogen-bond acceptors (Lipinski definition) is 3. The highest BCUT2D eigenvalue weighted by atomic mass is 32.2. The molecule has 0 aliphatic carbocycles. The van der Waals surface area contributed by atoms with Crippen molar-refractivity contribution in [3.8, 4) is 6.07 Å². The summed E-state index contributed by atoms with van der Waals surface area (Å²) >= 11 is 0. The van der Waals surface area contributed by atoms with Crippen LogP contribution in [0.4, 0.5) is 0 Å². The van der Waals surface area contributed by atoms with Crippen LogP contribution in [0, 0.1) is 11.3 Å². The van der Waals surface area contributed by atoms with Gasteiger partial charge < -0.3 is 0 Å². The van der Waals surface area contributed by atoms with Gasteiger partial charge in [0.2, 0.25) is 10.0 Å². The first-order valence-corrected chi connectivity index (χ1v) is 5.85. The monoisotopic (exact) mass is 216 g/mol. The minimum atomic E-state index is -3.49. The van der Waals surface area contributed by atoms with Crippen LogP contribution in [0.1, 0.15) is 20.8 Å². The number of nitrogens with zero attached hydrogens (tertiary/aromatic N) is 2. The Hall–Kier alpha value is -0.860. The molecule has 5 heteroatoms. The lowest BCUT2D eigenvalue weighted by Crippen LogP contribution is -2.46. The third-order valence-electron chi connectivity index (χ3n) is 1.63. The van der Waals surface area contributed by atoms with E-state index >= 15 is 0 Å². The van der Waals surface area contributed by atoms with Gasteiger partial charge in [0.25, 0.3) is 0 Å². The molecule has 0 aromatic rings. The molecule has 0 unspecified atom stereocenters. The van der Waals surface area contributed by atoms with Crippen molar-refractivity contribution in [1.29, 1.82) is 5.26 Å². The third kappa shape index (κ3) is 3.48. The summed E-state index contributed by atoms with van der Waals surface area (Å²) in [6.07, 6.45) is 1.51. The molecule has 0 rings (SSSR count). The highest BCUT2D eigenvalue weighted by Gasteiger charge is 2.31. The lowest BCUT2D eigenvalue weighted by molar-refractivity contribution is 0.271. The van der Waals surface area contributed by atoms with Gasteiger partial charge in [0, 0.05) is 12.1 Å². The molecular formula is C9H16N2O2S. The molecule has 0 bridgehead atoms. The van der Waals surface area contributed by atoms with Crippen molar-refractivity contribution in [2.45, 2.75) is 26.3 Å². The maximum Gasteiger partial charge on any atom is 0.228 e. The summed E-state index contributed by atoms with van der Waals surface area (Å²) in [5, 5.41) is 8.40. The van der Waals surface area contributed by atoms with Gasteiger partial charge in [-0.15, -0.1) is 6.58 Å². The maximum absolute atomic E-state index is 11.6. The minimum absolute atomic E-state index is 0.230. The highest BCUT2D eigenvalue weighted by Crippen LogP contribution is 2.17. The quantitative estimate of drug-likeness (QED) is 0.662. The molecule has 0 N–H and O–H groups in total. The van der Waals surface area contributed by atoms with Crippen molar-refractivity contribution in [3.05, 3.63) is 12.7 Å². The van der Waals surface area contributed by atoms with Crippen LogP contribution >= 0.6 is 0 Å². The Bertz CT molecular complexity index is 333. The summed E-state index contributed by atoms with van der Waals surface area (Å²) in [4.78, 5) is 0. The van der Waals surface area contributed by atoms with Crippen molar-refractivity contribution in [1.82, 2.24) is 4.31 Å². The van der Waals surface area contributed by atoms with Gasteiger partial charge in [-0.3, -0.25) is 0 Å². The molecule has 0 aliphatic rings. The molecule has 0 saturated heterocycles. The summed E-state index contributed by atoms with van der Waals surface area (Å²) < 4.78 is 24.5. The standard InChI is InChI=1S/C9H16N2O2S/c1-5-7-11(9(2,3)4)14(12,13)8-6-10/h5H,1,7-8H2,2-4H3. The normalized spacial score (nSPS) is 12.5. The van der Waals surface area contributed by atoms with Crippen molar-refractivity contribution < 1.29 is 8.42 Å². The summed E-state index contributed by atoms with van der Waals surface area (Å²) in [6, 6.07) is 1.66. The average Bonchev–Trinajstić information content (AvgIpc) is 1.97. The van der Waals surface area contributed by atoms with E-state index in [2.05, 4.69) is 6.58 Å². The predicted octanol–water partition coefficient (Wildman–Crippen LogP) is 1.13. The van der Waals surface area contributed by atoms with Crippen molar-refractivity contribution in [2.75, 3.05) is 12.3 Å². The van der Waals surface area contributed by atoms with Crippen molar-refractivity contribution in [2.24, 2.45) is 0 Å². The predicted molar refractivity (Wildman–Crippen MR) is 56.1 cm³/mol. The molecule has 0 aromatic heterocycles. The summed E-state index contributed by atoms with van der Waals surface area (Å²) in [7, 11) is -3.49. The Morgan fingerprint density at radius 2 is 2.00 bits per heavy atom. The molecular weight excluding hydrogens is 200 g/mol. The van der Waals surface area contributed by atoms with Crippen molar-refractivity contribution in [3.63, 3.8) is 0 Å². The van der Waals surface area contributed by atoms with Gasteiger partial charge >= 0.3 is 0 Å². The summed E-state index contributed by atoms with van der Waals surface area (Å²) in [6.45, 7) is 9.08. The second-order valence-electron chi connectivity index (χ2n) is 3.90. The van der Waals surface area contributed by atoms with Gasteiger partial charge in [-0.1, -0.05) is 6.08 Å². The van der Waals surface area contributed by atoms with E-state index < -0.39 is 21.3 Å². The van der Waals surface area contributed by atoms with E-state index in [1.165, 1.54) is 10.4 Å². The topological polar surface area (TPSA) is 61.2 Å². The number of nitriles is 1. The van der Waals surface area contributed by atoms with Crippen LogP contribution in [0.25, 0.3) is 0 Å². The van der Waals surface area contributed by atoms with Crippen LogP contribution in [0.3, 0.4) is 0 Å². The van der Waals surface area contributed by atoms with Crippen LogP contribution in [-0.4, -0.2) is 30.6 Å². The van der Waals surface area contributed by atoms with Crippen LogP contribution in [0.15, 0.2) is 12.7 Å². The molecule has 0 aliphatic heterocycles. The fourth-order valence-electron chi connectivity index (χ4n) is 1.08. The van der Waals surface area contributed by atoms with Gasteiger partial charge in [0.05, 0.1) is 6.07 Å². The van der Waals surface area contributed by atoms with Gasteiger partial charge in [-0.2, -0.15) is 9.57 Å². The lowest BCUT2D eigenvalue weighted by Gasteiger charge is -2.32. The zero-order valence-corrected chi connectivity index (χ0v) is 9.63. The largest absolute Gasteiger partial charge is 0.228 e. The van der Waals surface area contributed by atoms with Crippen LogP contribution in [-0.2, 0) is 10.0 Å². The van der Waals surface area contributed by atoms with Crippen LogP contribution < -0.4 is 0 Å². The zero-order chi connectivity index (χ0) is 11.4. The molecule has 0 radical (unpaired) electrons. The van der Waals surface area contributed by atoms with E-state index in [4.69, 9.17) is 5.26 Å². The Labute approximate surface area is 85.9 Å². The van der Waals surface area contributed by atoms with E-state index in [0.29, 0.717) is 0 Å². The van der Waals surface area contributed by atoms with E-state index in [0.717, 1.165) is 0 Å². The Kier molecular flexibility index (Phi) is 4.30. The molecule has 0 amide bonds. The maximum atomic E-state index is 11.6. The van der Waals surface area contributed by atoms with E-state index in [1.807, 2.05) is 0 Å². The fourth-order valence-corrected chi connectivity index (χ4v) is 2.57. The lowest BCUT2D eigenvalue weighted by atomic mass is 10.1. The Morgan fingerprint density at radius 1 is 1.50 bits per heavy atom. The molecule has 0 heterocycles. The van der Waals surface area contributed by atoms with Gasteiger partial charge in [-0.05, 0) is 20.8 Å². The molecule has 0 atom stereocenters. The van der Waals surface area contributed by atoms with Gasteiger partial charge in [0.1, 0.15) is 0 Å². The minimum Gasteiger partial charge on any atom is -0.211 e. The first kappa shape index (κ1) is 13.1. The first-order valence-electron chi connectivity index (χ1n) is 4.24. The molecule has 0 fully saturated rings. The zero-order valence-electron chi connectivity index (χ0n) is 8.82. The molecule has 0 saturated carbocycles. The van der Waals surface area contributed by atoms with E-state index in [1.54, 1.807) is 26.8 Å². The van der Waals surface area contributed by atoms with Crippen molar-refractivity contribution >= 4 is 10.0 Å². The third-order valence-corrected chi connectivity index (χ3v) is 3.49. The smallest absolute Gasteiger partial charge is 0.211 e. The molecule has 0 spiro atoms. The summed E-state index contributed by atoms with van der Waals surface area (Å²) in [5.41, 5.74) is -0.524. The SMILES string of the molecule is C=CCN(C(C)(C)C)S(=O)(=O)CC#N. The van der Waals surface area contributed by atoms with Crippen LogP contribution in [0.2, 0.25) is 0 Å². The molecule has 4 nitrogen and oxygen atoms in total. The van der Waals surface area contributed by atoms with Gasteiger partial charge in [0.15, 0.2) is 5.75 Å². The van der Waals surface area contributed by atoms with E-state index in [9.17, 15) is 8.42 Å².